The summed E-state index contributed by atoms with van der Waals surface area (Å²) in [6.07, 6.45) is -0.397. The van der Waals surface area contributed by atoms with Crippen molar-refractivity contribution in [2.75, 3.05) is 30.4 Å². The number of nitrogens with one attached hydrogen (secondary N) is 1. The molecule has 0 bridgehead atoms. The minimum atomic E-state index is -2.89. The molecule has 2 aromatic heterocycles. The maximum Gasteiger partial charge on any atom is 0.266 e. The van der Waals surface area contributed by atoms with E-state index in [1.54, 1.807) is 38.9 Å². The van der Waals surface area contributed by atoms with Crippen molar-refractivity contribution in [3.63, 3.8) is 0 Å². The van der Waals surface area contributed by atoms with E-state index in [0.29, 0.717) is 29.1 Å². The zero-order valence-electron chi connectivity index (χ0n) is 19.5. The van der Waals surface area contributed by atoms with Gasteiger partial charge in [-0.1, -0.05) is 18.2 Å². The molecule has 7 nitrogen and oxygen atoms in total. The van der Waals surface area contributed by atoms with E-state index in [0.717, 1.165) is 24.8 Å². The van der Waals surface area contributed by atoms with Gasteiger partial charge in [-0.05, 0) is 26.3 Å². The summed E-state index contributed by atoms with van der Waals surface area (Å²) in [5.74, 6) is 0.791. The Kier molecular flexibility index (Phi) is 6.58. The maximum atomic E-state index is 14.7. The average molecular weight is 473 g/mol. The van der Waals surface area contributed by atoms with Crippen LogP contribution in [0.25, 0.3) is 10.9 Å². The third-order valence-corrected chi connectivity index (χ3v) is 6.32. The Bertz CT molecular complexity index is 1220. The summed E-state index contributed by atoms with van der Waals surface area (Å²) in [6.45, 7) is 6.39. The largest absolute Gasteiger partial charge is 0.363 e. The summed E-state index contributed by atoms with van der Waals surface area (Å²) in [7, 11) is 1.80. The molecule has 3 heterocycles. The van der Waals surface area contributed by atoms with Crippen molar-refractivity contribution in [3.05, 3.63) is 53.2 Å². The molecule has 3 aromatic rings. The standard InChI is InChI=1S/C24H27F3N6O/c1-13(17-6-5-7-18(22(17)25)23(26)27)29-24-19-10-21(28-11-20(19)30-14(2)31-24)33-9-8-16(12-33)32(4)15(3)34/h5-7,10-11,13,16,23H,8-9,12H2,1-4H3,(H,29,30,31)/t13-,16-/m1/s1. The van der Waals surface area contributed by atoms with Crippen LogP contribution in [-0.4, -0.2) is 51.9 Å². The highest BCUT2D eigenvalue weighted by molar-refractivity contribution is 5.90. The molecule has 10 heteroatoms. The molecule has 1 aromatic carbocycles. The molecule has 1 amide bonds. The fourth-order valence-corrected chi connectivity index (χ4v) is 4.30. The van der Waals surface area contributed by atoms with Crippen LogP contribution >= 0.6 is 0 Å². The molecule has 4 rings (SSSR count). The summed E-state index contributed by atoms with van der Waals surface area (Å²) >= 11 is 0. The normalized spacial score (nSPS) is 16.8. The lowest BCUT2D eigenvalue weighted by Gasteiger charge is -2.24. The number of alkyl halides is 2. The van der Waals surface area contributed by atoms with Crippen molar-refractivity contribution in [2.45, 2.75) is 45.7 Å². The molecule has 180 valence electrons. The van der Waals surface area contributed by atoms with Crippen molar-refractivity contribution < 1.29 is 18.0 Å². The average Bonchev–Trinajstić information content (AvgIpc) is 3.28. The minimum absolute atomic E-state index is 0.0193. The number of carbonyl (C=O) groups excluding carboxylic acids is 1. The number of halogens is 3. The molecule has 0 radical (unpaired) electrons. The SMILES string of the molecule is CC(=O)N(C)[C@@H]1CCN(c2cc3c(N[C@H](C)c4cccc(C(F)F)c4F)nc(C)nc3cn2)C1. The molecule has 0 saturated carbocycles. The van der Waals surface area contributed by atoms with E-state index in [1.165, 1.54) is 12.1 Å². The molecule has 0 spiro atoms. The molecule has 1 aliphatic heterocycles. The van der Waals surface area contributed by atoms with E-state index in [4.69, 9.17) is 0 Å². The van der Waals surface area contributed by atoms with Crippen molar-refractivity contribution in [2.24, 2.45) is 0 Å². The first-order valence-corrected chi connectivity index (χ1v) is 11.1. The molecular weight excluding hydrogens is 445 g/mol. The van der Waals surface area contributed by atoms with Gasteiger partial charge in [0.25, 0.3) is 6.43 Å². The van der Waals surface area contributed by atoms with Gasteiger partial charge in [0.2, 0.25) is 5.91 Å². The first-order valence-electron chi connectivity index (χ1n) is 11.1. The van der Waals surface area contributed by atoms with Crippen molar-refractivity contribution >= 4 is 28.4 Å². The van der Waals surface area contributed by atoms with Gasteiger partial charge >= 0.3 is 0 Å². The number of benzene rings is 1. The van der Waals surface area contributed by atoms with Gasteiger partial charge in [0, 0.05) is 38.0 Å². The van der Waals surface area contributed by atoms with Gasteiger partial charge in [0.1, 0.15) is 23.3 Å². The van der Waals surface area contributed by atoms with Crippen molar-refractivity contribution in [1.29, 1.82) is 0 Å². The van der Waals surface area contributed by atoms with Gasteiger partial charge in [-0.15, -0.1) is 0 Å². The van der Waals surface area contributed by atoms with E-state index in [9.17, 15) is 18.0 Å². The predicted octanol–water partition coefficient (Wildman–Crippen LogP) is 4.64. The number of hydrogen-bond acceptors (Lipinski definition) is 6. The molecule has 1 aliphatic rings. The molecule has 2 atom stereocenters. The first kappa shape index (κ1) is 23.7. The van der Waals surface area contributed by atoms with Crippen LogP contribution < -0.4 is 10.2 Å². The Morgan fingerprint density at radius 3 is 2.71 bits per heavy atom. The zero-order chi connectivity index (χ0) is 24.6. The van der Waals surface area contributed by atoms with Crippen LogP contribution in [0.2, 0.25) is 0 Å². The van der Waals surface area contributed by atoms with Gasteiger partial charge < -0.3 is 15.1 Å². The fraction of sp³-hybridized carbons (Fsp3) is 0.417. The van der Waals surface area contributed by atoms with Crippen LogP contribution in [0, 0.1) is 12.7 Å². The van der Waals surface area contributed by atoms with E-state index < -0.39 is 23.8 Å². The third-order valence-electron chi connectivity index (χ3n) is 6.32. The predicted molar refractivity (Wildman–Crippen MR) is 125 cm³/mol. The second-order valence-corrected chi connectivity index (χ2v) is 8.61. The summed E-state index contributed by atoms with van der Waals surface area (Å²) in [5, 5.41) is 3.86. The fourth-order valence-electron chi connectivity index (χ4n) is 4.30. The summed E-state index contributed by atoms with van der Waals surface area (Å²) < 4.78 is 41.0. The Balaban J connectivity index is 1.65. The Morgan fingerprint density at radius 2 is 2.00 bits per heavy atom. The Morgan fingerprint density at radius 1 is 1.26 bits per heavy atom. The smallest absolute Gasteiger partial charge is 0.266 e. The number of nitrogens with zero attached hydrogens (tertiary/aromatic N) is 5. The van der Waals surface area contributed by atoms with E-state index in [-0.39, 0.29) is 17.5 Å². The monoisotopic (exact) mass is 472 g/mol. The van der Waals surface area contributed by atoms with E-state index in [2.05, 4.69) is 25.2 Å². The molecule has 1 saturated heterocycles. The van der Waals surface area contributed by atoms with Gasteiger partial charge in [-0.25, -0.2) is 28.1 Å². The molecule has 34 heavy (non-hydrogen) atoms. The lowest BCUT2D eigenvalue weighted by molar-refractivity contribution is -0.129. The number of aryl methyl sites for hydroxylation is 1. The topological polar surface area (TPSA) is 74.2 Å². The van der Waals surface area contributed by atoms with Crippen LogP contribution in [0.1, 0.15) is 49.7 Å². The van der Waals surface area contributed by atoms with E-state index >= 15 is 0 Å². The zero-order valence-corrected chi connectivity index (χ0v) is 19.5. The molecule has 1 N–H and O–H groups in total. The first-order chi connectivity index (χ1) is 16.2. The lowest BCUT2D eigenvalue weighted by atomic mass is 10.0. The van der Waals surface area contributed by atoms with Gasteiger partial charge in [0.05, 0.1) is 29.4 Å². The van der Waals surface area contributed by atoms with E-state index in [1.807, 2.05) is 6.07 Å². The third kappa shape index (κ3) is 4.62. The Labute approximate surface area is 196 Å². The quantitative estimate of drug-likeness (QED) is 0.564. The van der Waals surface area contributed by atoms with Crippen LogP contribution in [0.3, 0.4) is 0 Å². The number of anilines is 2. The van der Waals surface area contributed by atoms with Crippen molar-refractivity contribution in [3.8, 4) is 0 Å². The van der Waals surface area contributed by atoms with Crippen molar-refractivity contribution in [1.82, 2.24) is 19.9 Å². The number of rotatable bonds is 6. The molecule has 1 fully saturated rings. The summed E-state index contributed by atoms with van der Waals surface area (Å²) in [6, 6.07) is 5.35. The highest BCUT2D eigenvalue weighted by Crippen LogP contribution is 2.32. The van der Waals surface area contributed by atoms with Crippen LogP contribution in [0.5, 0.6) is 0 Å². The Hall–Kier alpha value is -3.43. The lowest BCUT2D eigenvalue weighted by Crippen LogP contribution is -2.37. The van der Waals surface area contributed by atoms with Gasteiger partial charge in [0.15, 0.2) is 0 Å². The van der Waals surface area contributed by atoms with Gasteiger partial charge in [-0.2, -0.15) is 0 Å². The van der Waals surface area contributed by atoms with Gasteiger partial charge in [-0.3, -0.25) is 4.79 Å². The highest BCUT2D eigenvalue weighted by atomic mass is 19.3. The number of hydrogen-bond donors (Lipinski definition) is 1. The van der Waals surface area contributed by atoms with Crippen LogP contribution in [-0.2, 0) is 4.79 Å². The van der Waals surface area contributed by atoms with Crippen LogP contribution in [0.4, 0.5) is 24.8 Å². The number of fused-ring (bicyclic) bond motifs is 1. The second-order valence-electron chi connectivity index (χ2n) is 8.61. The molecular formula is C24H27F3N6O. The summed E-state index contributed by atoms with van der Waals surface area (Å²) in [4.78, 5) is 29.1. The molecule has 0 unspecified atom stereocenters. The number of amides is 1. The second kappa shape index (κ2) is 9.44. The number of carbonyl (C=O) groups is 1. The molecule has 0 aliphatic carbocycles. The maximum absolute atomic E-state index is 14.7. The number of likely N-dealkylation sites (N-methyl/N-ethyl adjacent to an activating group) is 1. The van der Waals surface area contributed by atoms with Crippen LogP contribution in [0.15, 0.2) is 30.5 Å². The highest BCUT2D eigenvalue weighted by Gasteiger charge is 2.28. The number of pyridine rings is 1. The number of aromatic nitrogens is 3. The summed E-state index contributed by atoms with van der Waals surface area (Å²) in [5.41, 5.74) is 0.121. The minimum Gasteiger partial charge on any atom is -0.363 e.